The first-order chi connectivity index (χ1) is 16.2. The van der Waals surface area contributed by atoms with E-state index < -0.39 is 0 Å². The highest BCUT2D eigenvalue weighted by atomic mass is 31.0. The summed E-state index contributed by atoms with van der Waals surface area (Å²) in [7, 11) is 3.13. The zero-order valence-electron chi connectivity index (χ0n) is 25.2. The lowest BCUT2D eigenvalue weighted by Crippen LogP contribution is -2.19. The highest BCUT2D eigenvalue weighted by Crippen LogP contribution is 2.41. The molecule has 0 aliphatic rings. The van der Waals surface area contributed by atoms with Crippen LogP contribution in [0.1, 0.15) is 111 Å². The van der Waals surface area contributed by atoms with E-state index in [0.717, 1.165) is 0 Å². The van der Waals surface area contributed by atoms with Crippen molar-refractivity contribution in [2.45, 2.75) is 112 Å². The van der Waals surface area contributed by atoms with Gasteiger partial charge < -0.3 is 0 Å². The van der Waals surface area contributed by atoms with Crippen LogP contribution >= 0.6 is 9.24 Å². The number of aryl methyl sites for hydroxylation is 1. The summed E-state index contributed by atoms with van der Waals surface area (Å²) in [5, 5.41) is 1.29. The van der Waals surface area contributed by atoms with E-state index in [9.17, 15) is 0 Å². The number of hydrogen-bond donors (Lipinski definition) is 0. The fourth-order valence-corrected chi connectivity index (χ4v) is 5.50. The minimum atomic E-state index is 0.0511. The maximum Gasteiger partial charge on any atom is -0.0100 e. The van der Waals surface area contributed by atoms with Gasteiger partial charge in [0.2, 0.25) is 0 Å². The van der Waals surface area contributed by atoms with Crippen molar-refractivity contribution in [2.24, 2.45) is 0 Å². The molecule has 36 heavy (non-hydrogen) atoms. The van der Waals surface area contributed by atoms with Crippen LogP contribution in [-0.2, 0) is 21.7 Å². The molecule has 1 atom stereocenters. The molecule has 0 spiro atoms. The highest BCUT2D eigenvalue weighted by molar-refractivity contribution is 7.28. The molecule has 0 fully saturated rings. The Hall–Kier alpha value is -1.91. The van der Waals surface area contributed by atoms with Crippen molar-refractivity contribution in [3.63, 3.8) is 0 Å². The van der Waals surface area contributed by atoms with E-state index in [1.54, 1.807) is 0 Å². The van der Waals surface area contributed by atoms with Gasteiger partial charge in [0.15, 0.2) is 0 Å². The van der Waals surface area contributed by atoms with Gasteiger partial charge in [0, 0.05) is 0 Å². The summed E-state index contributed by atoms with van der Waals surface area (Å²) in [6, 6.07) is 19.0. The summed E-state index contributed by atoms with van der Waals surface area (Å²) in [5.74, 6) is 0. The van der Waals surface area contributed by atoms with Crippen LogP contribution < -0.4 is 5.30 Å². The predicted octanol–water partition coefficient (Wildman–Crippen LogP) is 10.0. The smallest absolute Gasteiger partial charge is 0.0100 e. The molecule has 1 heteroatoms. The topological polar surface area (TPSA) is 0 Å². The van der Waals surface area contributed by atoms with Gasteiger partial charge in [-0.25, -0.2) is 0 Å². The van der Waals surface area contributed by atoms with Crippen LogP contribution in [0.5, 0.6) is 0 Å². The van der Waals surface area contributed by atoms with Gasteiger partial charge in [-0.3, -0.25) is 0 Å². The molecule has 0 saturated heterocycles. The standard InChI is InChI=1S/C35H49P/c1-22-18-27(25-20-23(32(2,3)4)14-16-29(25)34(8,9)10)31(36)28(19-22)26-21-24(33(5,6)7)15-17-30(26)35(11,12)13/h14-21H,36H2,1-13H3. The van der Waals surface area contributed by atoms with Crippen molar-refractivity contribution in [1.29, 1.82) is 0 Å². The van der Waals surface area contributed by atoms with Gasteiger partial charge in [-0.2, -0.15) is 0 Å². The number of rotatable bonds is 2. The molecule has 0 aliphatic heterocycles. The average Bonchev–Trinajstić information content (AvgIpc) is 2.71. The van der Waals surface area contributed by atoms with Crippen LogP contribution in [0.3, 0.4) is 0 Å². The molecule has 0 bridgehead atoms. The molecule has 0 radical (unpaired) electrons. The Labute approximate surface area is 224 Å². The number of hydrogen-bond acceptors (Lipinski definition) is 0. The van der Waals surface area contributed by atoms with Gasteiger partial charge >= 0.3 is 0 Å². The molecule has 0 amide bonds. The van der Waals surface area contributed by atoms with E-state index in [0.29, 0.717) is 0 Å². The van der Waals surface area contributed by atoms with Crippen LogP contribution in [0.4, 0.5) is 0 Å². The Morgan fingerprint density at radius 3 is 1.06 bits per heavy atom. The van der Waals surface area contributed by atoms with E-state index in [1.165, 1.54) is 55.4 Å². The minimum Gasteiger partial charge on any atom is -0.104 e. The van der Waals surface area contributed by atoms with Gasteiger partial charge in [0.1, 0.15) is 0 Å². The van der Waals surface area contributed by atoms with Crippen LogP contribution in [0.2, 0.25) is 0 Å². The molecule has 0 heterocycles. The van der Waals surface area contributed by atoms with Gasteiger partial charge in [0.05, 0.1) is 0 Å². The van der Waals surface area contributed by atoms with E-state index in [2.05, 4.69) is 148 Å². The van der Waals surface area contributed by atoms with E-state index in [1.807, 2.05) is 0 Å². The van der Waals surface area contributed by atoms with Crippen LogP contribution in [-0.4, -0.2) is 0 Å². The van der Waals surface area contributed by atoms with Crippen molar-refractivity contribution in [3.05, 3.63) is 76.3 Å². The Kier molecular flexibility index (Phi) is 7.51. The van der Waals surface area contributed by atoms with Gasteiger partial charge in [0.25, 0.3) is 0 Å². The lowest BCUT2D eigenvalue weighted by Gasteiger charge is -2.30. The van der Waals surface area contributed by atoms with Crippen molar-refractivity contribution in [3.8, 4) is 22.3 Å². The van der Waals surface area contributed by atoms with Crippen molar-refractivity contribution in [1.82, 2.24) is 0 Å². The second-order valence-electron chi connectivity index (χ2n) is 14.8. The highest BCUT2D eigenvalue weighted by Gasteiger charge is 2.26. The van der Waals surface area contributed by atoms with Crippen molar-refractivity contribution >= 4 is 14.5 Å². The second kappa shape index (κ2) is 9.44. The van der Waals surface area contributed by atoms with Crippen LogP contribution in [0.15, 0.2) is 48.5 Å². The molecular formula is C35H49P. The maximum absolute atomic E-state index is 3.13. The summed E-state index contributed by atoms with van der Waals surface area (Å²) >= 11 is 0. The first-order valence-corrected chi connectivity index (χ1v) is 14.0. The average molecular weight is 501 g/mol. The monoisotopic (exact) mass is 500 g/mol. The first kappa shape index (κ1) is 28.7. The molecule has 3 aromatic carbocycles. The third-order valence-electron chi connectivity index (χ3n) is 7.29. The lowest BCUT2D eigenvalue weighted by atomic mass is 9.76. The molecule has 0 N–H and O–H groups in total. The fourth-order valence-electron chi connectivity index (χ4n) is 5.02. The molecule has 0 nitrogen and oxygen atoms in total. The zero-order valence-corrected chi connectivity index (χ0v) is 26.4. The Morgan fingerprint density at radius 2 is 0.778 bits per heavy atom. The summed E-state index contributed by atoms with van der Waals surface area (Å²) in [6.07, 6.45) is 0. The normalized spacial score (nSPS) is 13.3. The van der Waals surface area contributed by atoms with E-state index in [4.69, 9.17) is 0 Å². The minimum absolute atomic E-state index is 0.0511. The summed E-state index contributed by atoms with van der Waals surface area (Å²) in [5.41, 5.74) is 12.5. The lowest BCUT2D eigenvalue weighted by molar-refractivity contribution is 0.578. The first-order valence-electron chi connectivity index (χ1n) is 13.4. The Bertz CT molecular complexity index is 1170. The van der Waals surface area contributed by atoms with E-state index >= 15 is 0 Å². The number of benzene rings is 3. The molecule has 0 aliphatic carbocycles. The molecule has 194 valence electrons. The van der Waals surface area contributed by atoms with Gasteiger partial charge in [-0.05, 0) is 84.0 Å². The van der Waals surface area contributed by atoms with E-state index in [-0.39, 0.29) is 21.7 Å². The Morgan fingerprint density at radius 1 is 0.444 bits per heavy atom. The Balaban J connectivity index is 2.43. The van der Waals surface area contributed by atoms with Crippen LogP contribution in [0, 0.1) is 6.92 Å². The molecule has 3 aromatic rings. The molecular weight excluding hydrogens is 451 g/mol. The van der Waals surface area contributed by atoms with Crippen molar-refractivity contribution < 1.29 is 0 Å². The van der Waals surface area contributed by atoms with Crippen molar-refractivity contribution in [2.75, 3.05) is 0 Å². The maximum atomic E-state index is 3.13. The van der Waals surface area contributed by atoms with Crippen LogP contribution in [0.25, 0.3) is 22.3 Å². The fraction of sp³-hybridized carbons (Fsp3) is 0.486. The molecule has 1 unspecified atom stereocenters. The second-order valence-corrected chi connectivity index (χ2v) is 15.4. The SMILES string of the molecule is Cc1cc(-c2cc(C(C)(C)C)ccc2C(C)(C)C)c(P)c(-c2cc(C(C)(C)C)ccc2C(C)(C)C)c1. The molecule has 3 rings (SSSR count). The molecule has 0 aromatic heterocycles. The largest absolute Gasteiger partial charge is 0.104 e. The summed E-state index contributed by atoms with van der Waals surface area (Å²) < 4.78 is 0. The third-order valence-corrected chi connectivity index (χ3v) is 7.91. The summed E-state index contributed by atoms with van der Waals surface area (Å²) in [4.78, 5) is 0. The van der Waals surface area contributed by atoms with Gasteiger partial charge in [-0.1, -0.05) is 132 Å². The predicted molar refractivity (Wildman–Crippen MR) is 166 cm³/mol. The van der Waals surface area contributed by atoms with Gasteiger partial charge in [-0.15, -0.1) is 9.24 Å². The quantitative estimate of drug-likeness (QED) is 0.307. The zero-order chi connectivity index (χ0) is 27.4. The molecule has 0 saturated carbocycles. The summed E-state index contributed by atoms with van der Waals surface area (Å²) in [6.45, 7) is 30.0. The third kappa shape index (κ3) is 5.97.